The molecule has 0 aliphatic rings. The average Bonchev–Trinajstić information content (AvgIpc) is 2.32. The zero-order valence-electron chi connectivity index (χ0n) is 11.5. The molecule has 0 aliphatic carbocycles. The molecule has 0 fully saturated rings. The van der Waals surface area contributed by atoms with Gasteiger partial charge in [-0.05, 0) is 12.8 Å². The zero-order valence-corrected chi connectivity index (χ0v) is 12.4. The molecule has 17 heavy (non-hydrogen) atoms. The Kier molecular flexibility index (Phi) is 14.2. The number of hydrogen-bond donors (Lipinski definition) is 1. The largest absolute Gasteiger partial charge is 0.392 e. The lowest BCUT2D eigenvalue weighted by Crippen LogP contribution is -1.89. The van der Waals surface area contributed by atoms with Crippen LogP contribution in [-0.4, -0.2) is 24.0 Å². The van der Waals surface area contributed by atoms with Gasteiger partial charge in [0.05, 0.1) is 6.61 Å². The molecule has 0 aliphatic heterocycles. The molecule has 1 atom stereocenters. The van der Waals surface area contributed by atoms with Crippen LogP contribution in [-0.2, 0) is 4.57 Å². The zero-order chi connectivity index (χ0) is 12.8. The molecule has 0 amide bonds. The van der Waals surface area contributed by atoms with Crippen molar-refractivity contribution in [2.24, 2.45) is 0 Å². The molecule has 1 N–H and O–H groups in total. The lowest BCUT2D eigenvalue weighted by atomic mass is 10.1. The second-order valence-electron chi connectivity index (χ2n) is 4.83. The van der Waals surface area contributed by atoms with Gasteiger partial charge in [-0.3, -0.25) is 0 Å². The molecule has 0 radical (unpaired) electrons. The summed E-state index contributed by atoms with van der Waals surface area (Å²) in [5.41, 5.74) is 0. The third kappa shape index (κ3) is 14.0. The Balaban J connectivity index is 3.01. The molecule has 0 heterocycles. The van der Waals surface area contributed by atoms with Crippen LogP contribution in [0.1, 0.15) is 71.1 Å². The number of rotatable bonds is 13. The van der Waals surface area contributed by atoms with Gasteiger partial charge in [-0.25, -0.2) is 0 Å². The monoisotopic (exact) mass is 261 g/mol. The van der Waals surface area contributed by atoms with Gasteiger partial charge in [0, 0.05) is 0 Å². The Bertz CT molecular complexity index is 172. The molecule has 3 heteroatoms. The van der Waals surface area contributed by atoms with Crippen molar-refractivity contribution in [2.45, 2.75) is 71.1 Å². The fourth-order valence-electron chi connectivity index (χ4n) is 2.00. The van der Waals surface area contributed by atoms with Gasteiger partial charge in [-0.2, -0.15) is 0 Å². The van der Waals surface area contributed by atoms with Gasteiger partial charge < -0.3 is 5.11 Å². The number of aliphatic hydroxyl groups excluding tert-OH is 1. The van der Waals surface area contributed by atoms with E-state index in [1.54, 1.807) is 0 Å². The Morgan fingerprint density at radius 2 is 1.24 bits per heavy atom. The number of unbranched alkanes of at least 4 members (excludes halogenated alkanes) is 9. The van der Waals surface area contributed by atoms with E-state index in [1.165, 1.54) is 57.8 Å². The van der Waals surface area contributed by atoms with Crippen LogP contribution in [0.25, 0.3) is 0 Å². The average molecular weight is 261 g/mol. The minimum Gasteiger partial charge on any atom is -0.392 e. The molecule has 0 saturated heterocycles. The molecule has 0 aromatic heterocycles. The van der Waals surface area contributed by atoms with Crippen molar-refractivity contribution in [1.82, 2.24) is 0 Å². The van der Waals surface area contributed by atoms with Crippen molar-refractivity contribution < 1.29 is 9.67 Å². The lowest BCUT2D eigenvalue weighted by molar-refractivity contribution is 0.320. The normalized spacial score (nSPS) is 11.8. The van der Waals surface area contributed by atoms with Crippen molar-refractivity contribution >= 4 is 7.80 Å². The fourth-order valence-corrected chi connectivity index (χ4v) is 3.02. The first-order chi connectivity index (χ1) is 8.31. The minimum atomic E-state index is -1.12. The van der Waals surface area contributed by atoms with Crippen LogP contribution < -0.4 is 0 Å². The molecule has 2 nitrogen and oxygen atoms in total. The second kappa shape index (κ2) is 14.1. The van der Waals surface area contributed by atoms with Gasteiger partial charge >= 0.3 is 7.80 Å². The van der Waals surface area contributed by atoms with Gasteiger partial charge in [0.25, 0.3) is 0 Å². The van der Waals surface area contributed by atoms with Crippen molar-refractivity contribution in [1.29, 1.82) is 0 Å². The third-order valence-corrected chi connectivity index (χ3v) is 4.62. The molecule has 0 saturated carbocycles. The van der Waals surface area contributed by atoms with Crippen LogP contribution >= 0.6 is 7.80 Å². The summed E-state index contributed by atoms with van der Waals surface area (Å²) in [6.45, 7) is 2.33. The second-order valence-corrected chi connectivity index (χ2v) is 6.69. The van der Waals surface area contributed by atoms with E-state index < -0.39 is 7.80 Å². The summed E-state index contributed by atoms with van der Waals surface area (Å²) in [6.07, 6.45) is 14.5. The van der Waals surface area contributed by atoms with E-state index in [0.29, 0.717) is 6.16 Å². The highest BCUT2D eigenvalue weighted by molar-refractivity contribution is 7.44. The summed E-state index contributed by atoms with van der Waals surface area (Å²) >= 11 is 0. The third-order valence-electron chi connectivity index (χ3n) is 3.11. The van der Waals surface area contributed by atoms with E-state index in [9.17, 15) is 4.57 Å². The standard InChI is InChI=1S/C14H30O2P/c1-2-3-4-5-6-7-8-9-10-11-13-17(16)14-12-15/h15H,2-14H2,1H3/q+1. The first-order valence-electron chi connectivity index (χ1n) is 7.34. The maximum absolute atomic E-state index is 11.3. The molecule has 0 aromatic rings. The van der Waals surface area contributed by atoms with Gasteiger partial charge in [0.2, 0.25) is 0 Å². The van der Waals surface area contributed by atoms with Crippen LogP contribution in [0.15, 0.2) is 0 Å². The van der Waals surface area contributed by atoms with Crippen LogP contribution in [0.5, 0.6) is 0 Å². The van der Waals surface area contributed by atoms with Crippen LogP contribution in [0.3, 0.4) is 0 Å². The predicted octanol–water partition coefficient (Wildman–Crippen LogP) is 4.73. The van der Waals surface area contributed by atoms with E-state index in [2.05, 4.69) is 6.92 Å². The van der Waals surface area contributed by atoms with Crippen molar-refractivity contribution in [2.75, 3.05) is 18.9 Å². The SMILES string of the molecule is CCCCCCCCCCCC[P+](=O)CCO. The van der Waals surface area contributed by atoms with E-state index in [4.69, 9.17) is 5.11 Å². The molecule has 0 bridgehead atoms. The Morgan fingerprint density at radius 3 is 1.71 bits per heavy atom. The highest BCUT2D eigenvalue weighted by Crippen LogP contribution is 2.22. The highest BCUT2D eigenvalue weighted by atomic mass is 31.1. The molecule has 1 unspecified atom stereocenters. The molecular weight excluding hydrogens is 231 g/mol. The molecular formula is C14H30O2P+. The van der Waals surface area contributed by atoms with Crippen LogP contribution in [0.2, 0.25) is 0 Å². The summed E-state index contributed by atoms with van der Waals surface area (Å²) in [4.78, 5) is 0. The first kappa shape index (κ1) is 17.1. The fraction of sp³-hybridized carbons (Fsp3) is 1.00. The van der Waals surface area contributed by atoms with Crippen molar-refractivity contribution in [3.63, 3.8) is 0 Å². The quantitative estimate of drug-likeness (QED) is 0.384. The van der Waals surface area contributed by atoms with Gasteiger partial charge in [-0.1, -0.05) is 62.9 Å². The topological polar surface area (TPSA) is 37.3 Å². The van der Waals surface area contributed by atoms with E-state index in [1.807, 2.05) is 0 Å². The maximum Gasteiger partial charge on any atom is 0.341 e. The van der Waals surface area contributed by atoms with Crippen LogP contribution in [0, 0.1) is 0 Å². The molecule has 102 valence electrons. The maximum atomic E-state index is 11.3. The number of hydrogen-bond acceptors (Lipinski definition) is 2. The van der Waals surface area contributed by atoms with Crippen molar-refractivity contribution in [3.05, 3.63) is 0 Å². The molecule has 0 spiro atoms. The highest BCUT2D eigenvalue weighted by Gasteiger charge is 2.12. The summed E-state index contributed by atoms with van der Waals surface area (Å²) in [6, 6.07) is 0. The van der Waals surface area contributed by atoms with E-state index in [-0.39, 0.29) is 6.61 Å². The van der Waals surface area contributed by atoms with Crippen LogP contribution in [0.4, 0.5) is 0 Å². The number of aliphatic hydroxyl groups is 1. The van der Waals surface area contributed by atoms with Gasteiger partial charge in [0.15, 0.2) is 6.16 Å². The molecule has 0 aromatic carbocycles. The Labute approximate surface area is 108 Å². The summed E-state index contributed by atoms with van der Waals surface area (Å²) in [5.74, 6) is 0. The predicted molar refractivity (Wildman–Crippen MR) is 76.3 cm³/mol. The van der Waals surface area contributed by atoms with Crippen molar-refractivity contribution in [3.8, 4) is 0 Å². The summed E-state index contributed by atoms with van der Waals surface area (Å²) in [5, 5.41) is 8.61. The van der Waals surface area contributed by atoms with Gasteiger partial charge in [-0.15, -0.1) is 0 Å². The van der Waals surface area contributed by atoms with E-state index >= 15 is 0 Å². The first-order valence-corrected chi connectivity index (χ1v) is 8.97. The molecule has 0 rings (SSSR count). The minimum absolute atomic E-state index is 0.0764. The smallest absolute Gasteiger partial charge is 0.341 e. The lowest BCUT2D eigenvalue weighted by Gasteiger charge is -2.00. The Morgan fingerprint density at radius 1 is 0.765 bits per heavy atom. The Hall–Kier alpha value is 0.0600. The summed E-state index contributed by atoms with van der Waals surface area (Å²) < 4.78 is 11.3. The summed E-state index contributed by atoms with van der Waals surface area (Å²) in [7, 11) is -1.12. The van der Waals surface area contributed by atoms with Gasteiger partial charge in [0.1, 0.15) is 6.16 Å². The van der Waals surface area contributed by atoms with E-state index in [0.717, 1.165) is 12.6 Å².